The number of aryl methyl sites for hydroxylation is 3. The van der Waals surface area contributed by atoms with Crippen LogP contribution in [0.2, 0.25) is 0 Å². The summed E-state index contributed by atoms with van der Waals surface area (Å²) in [7, 11) is 1.97. The number of fused-ring (bicyclic) bond motifs is 1. The molecule has 1 fully saturated rings. The molecule has 25 heavy (non-hydrogen) atoms. The third-order valence-electron chi connectivity index (χ3n) is 4.75. The minimum Gasteiger partial charge on any atom is -0.353 e. The number of hydrogen-bond donors (Lipinski definition) is 0. The van der Waals surface area contributed by atoms with Crippen LogP contribution in [0.3, 0.4) is 0 Å². The highest BCUT2D eigenvalue weighted by atomic mass is 15.3. The summed E-state index contributed by atoms with van der Waals surface area (Å²) in [5.41, 5.74) is 2.96. The second-order valence-electron chi connectivity index (χ2n) is 6.39. The highest BCUT2D eigenvalue weighted by Gasteiger charge is 2.23. The van der Waals surface area contributed by atoms with E-state index >= 15 is 0 Å². The Morgan fingerprint density at radius 3 is 2.48 bits per heavy atom. The highest BCUT2D eigenvalue weighted by Crippen LogP contribution is 2.27. The van der Waals surface area contributed by atoms with Gasteiger partial charge in [0.2, 0.25) is 0 Å². The lowest BCUT2D eigenvalue weighted by Crippen LogP contribution is -2.47. The Balaban J connectivity index is 1.65. The van der Waals surface area contributed by atoms with E-state index in [0.717, 1.165) is 66.8 Å². The van der Waals surface area contributed by atoms with Gasteiger partial charge in [0.05, 0.1) is 5.69 Å². The number of nitrogens with zero attached hydrogens (tertiary/aromatic N) is 7. The molecule has 0 amide bonds. The molecular formula is C18H23N7. The van der Waals surface area contributed by atoms with Crippen molar-refractivity contribution < 1.29 is 0 Å². The van der Waals surface area contributed by atoms with Crippen LogP contribution in [-0.4, -0.2) is 50.9 Å². The molecule has 0 bridgehead atoms. The number of rotatable bonds is 3. The molecule has 1 saturated heterocycles. The van der Waals surface area contributed by atoms with E-state index < -0.39 is 0 Å². The van der Waals surface area contributed by atoms with Crippen molar-refractivity contribution in [3.63, 3.8) is 0 Å². The Bertz CT molecular complexity index is 879. The van der Waals surface area contributed by atoms with Crippen molar-refractivity contribution in [3.8, 4) is 0 Å². The van der Waals surface area contributed by atoms with Gasteiger partial charge in [-0.2, -0.15) is 5.10 Å². The van der Waals surface area contributed by atoms with Gasteiger partial charge in [-0.1, -0.05) is 13.0 Å². The monoisotopic (exact) mass is 337 g/mol. The maximum Gasteiger partial charge on any atom is 0.158 e. The van der Waals surface area contributed by atoms with Crippen LogP contribution in [0.15, 0.2) is 24.4 Å². The van der Waals surface area contributed by atoms with Crippen LogP contribution < -0.4 is 9.80 Å². The molecule has 130 valence electrons. The molecule has 4 heterocycles. The summed E-state index contributed by atoms with van der Waals surface area (Å²) in [5.74, 6) is 2.93. The van der Waals surface area contributed by atoms with Crippen LogP contribution in [-0.2, 0) is 13.5 Å². The van der Waals surface area contributed by atoms with E-state index in [1.807, 2.05) is 37.0 Å². The average Bonchev–Trinajstić information content (AvgIpc) is 2.96. The van der Waals surface area contributed by atoms with E-state index in [1.165, 1.54) is 0 Å². The van der Waals surface area contributed by atoms with Crippen molar-refractivity contribution in [1.29, 1.82) is 0 Å². The van der Waals surface area contributed by atoms with Gasteiger partial charge < -0.3 is 9.80 Å². The van der Waals surface area contributed by atoms with E-state index in [9.17, 15) is 0 Å². The molecule has 0 radical (unpaired) electrons. The number of hydrogen-bond acceptors (Lipinski definition) is 6. The summed E-state index contributed by atoms with van der Waals surface area (Å²) in [6.07, 6.45) is 2.67. The number of aromatic nitrogens is 5. The van der Waals surface area contributed by atoms with Gasteiger partial charge in [-0.05, 0) is 19.1 Å². The van der Waals surface area contributed by atoms with Crippen molar-refractivity contribution in [1.82, 2.24) is 24.7 Å². The first-order valence-electron chi connectivity index (χ1n) is 8.78. The van der Waals surface area contributed by atoms with Crippen LogP contribution in [0, 0.1) is 6.92 Å². The fourth-order valence-corrected chi connectivity index (χ4v) is 3.43. The predicted molar refractivity (Wildman–Crippen MR) is 99.1 cm³/mol. The highest BCUT2D eigenvalue weighted by molar-refractivity contribution is 5.88. The van der Waals surface area contributed by atoms with Gasteiger partial charge in [0, 0.05) is 45.8 Å². The number of pyridine rings is 1. The molecule has 3 aromatic heterocycles. The molecule has 1 aliphatic rings. The third-order valence-corrected chi connectivity index (χ3v) is 4.75. The van der Waals surface area contributed by atoms with E-state index in [-0.39, 0.29) is 0 Å². The molecule has 3 aromatic rings. The summed E-state index contributed by atoms with van der Waals surface area (Å²) in [4.78, 5) is 18.7. The molecule has 0 atom stereocenters. The SMILES string of the molecule is CCc1nc(N2CCN(c3ccccn3)CC2)c2c(n1)c(C)nn2C. The zero-order valence-electron chi connectivity index (χ0n) is 15.0. The van der Waals surface area contributed by atoms with E-state index in [1.54, 1.807) is 0 Å². The second-order valence-corrected chi connectivity index (χ2v) is 6.39. The molecule has 0 aliphatic carbocycles. The molecular weight excluding hydrogens is 314 g/mol. The summed E-state index contributed by atoms with van der Waals surface area (Å²) < 4.78 is 1.91. The summed E-state index contributed by atoms with van der Waals surface area (Å²) in [6.45, 7) is 7.79. The predicted octanol–water partition coefficient (Wildman–Crippen LogP) is 1.96. The maximum absolute atomic E-state index is 4.83. The minimum absolute atomic E-state index is 0.825. The van der Waals surface area contributed by atoms with Gasteiger partial charge in [0.15, 0.2) is 5.82 Å². The van der Waals surface area contributed by atoms with Gasteiger partial charge in [-0.25, -0.2) is 15.0 Å². The molecule has 0 spiro atoms. The van der Waals surface area contributed by atoms with E-state index in [0.29, 0.717) is 0 Å². The number of piperazine rings is 1. The van der Waals surface area contributed by atoms with Crippen molar-refractivity contribution >= 4 is 22.7 Å². The molecule has 4 rings (SSSR count). The Morgan fingerprint density at radius 1 is 1.04 bits per heavy atom. The van der Waals surface area contributed by atoms with Crippen molar-refractivity contribution in [3.05, 3.63) is 35.9 Å². The molecule has 0 N–H and O–H groups in total. The first-order chi connectivity index (χ1) is 12.2. The molecule has 7 nitrogen and oxygen atoms in total. The molecule has 7 heteroatoms. The Kier molecular flexibility index (Phi) is 3.99. The normalized spacial score (nSPS) is 15.2. The lowest BCUT2D eigenvalue weighted by Gasteiger charge is -2.36. The van der Waals surface area contributed by atoms with Crippen LogP contribution in [0.25, 0.3) is 11.0 Å². The van der Waals surface area contributed by atoms with Crippen LogP contribution in [0.4, 0.5) is 11.6 Å². The Morgan fingerprint density at radius 2 is 1.80 bits per heavy atom. The fourth-order valence-electron chi connectivity index (χ4n) is 3.43. The summed E-state index contributed by atoms with van der Waals surface area (Å²) in [6, 6.07) is 6.06. The lowest BCUT2D eigenvalue weighted by atomic mass is 10.2. The number of anilines is 2. The topological polar surface area (TPSA) is 63.0 Å². The van der Waals surface area contributed by atoms with Crippen LogP contribution in [0.5, 0.6) is 0 Å². The zero-order valence-corrected chi connectivity index (χ0v) is 15.0. The maximum atomic E-state index is 4.83. The third kappa shape index (κ3) is 2.79. The van der Waals surface area contributed by atoms with E-state index in [4.69, 9.17) is 9.97 Å². The smallest absolute Gasteiger partial charge is 0.158 e. The van der Waals surface area contributed by atoms with Gasteiger partial charge in [-0.3, -0.25) is 4.68 Å². The van der Waals surface area contributed by atoms with E-state index in [2.05, 4.69) is 32.9 Å². The van der Waals surface area contributed by atoms with Crippen molar-refractivity contribution in [2.45, 2.75) is 20.3 Å². The van der Waals surface area contributed by atoms with Crippen molar-refractivity contribution in [2.24, 2.45) is 7.05 Å². The quantitative estimate of drug-likeness (QED) is 0.728. The zero-order chi connectivity index (χ0) is 17.4. The first kappa shape index (κ1) is 15.8. The summed E-state index contributed by atoms with van der Waals surface area (Å²) in [5, 5.41) is 4.55. The minimum atomic E-state index is 0.825. The largest absolute Gasteiger partial charge is 0.353 e. The lowest BCUT2D eigenvalue weighted by molar-refractivity contribution is 0.639. The second kappa shape index (κ2) is 6.31. The molecule has 1 aliphatic heterocycles. The standard InChI is InChI=1S/C18H23N7/c1-4-14-20-16-13(2)22-23(3)17(16)18(21-14)25-11-9-24(10-12-25)15-7-5-6-8-19-15/h5-8H,4,9-12H2,1-3H3. The average molecular weight is 337 g/mol. The Labute approximate surface area is 147 Å². The summed E-state index contributed by atoms with van der Waals surface area (Å²) >= 11 is 0. The van der Waals surface area contributed by atoms with Crippen LogP contribution >= 0.6 is 0 Å². The molecule has 0 aromatic carbocycles. The van der Waals surface area contributed by atoms with Crippen molar-refractivity contribution in [2.75, 3.05) is 36.0 Å². The van der Waals surface area contributed by atoms with Crippen LogP contribution in [0.1, 0.15) is 18.4 Å². The first-order valence-corrected chi connectivity index (χ1v) is 8.78. The van der Waals surface area contributed by atoms with Gasteiger partial charge >= 0.3 is 0 Å². The fraction of sp³-hybridized carbons (Fsp3) is 0.444. The van der Waals surface area contributed by atoms with Gasteiger partial charge in [-0.15, -0.1) is 0 Å². The molecule has 0 saturated carbocycles. The Hall–Kier alpha value is -2.70. The molecule has 0 unspecified atom stereocenters. The van der Waals surface area contributed by atoms with Gasteiger partial charge in [0.25, 0.3) is 0 Å². The van der Waals surface area contributed by atoms with Gasteiger partial charge in [0.1, 0.15) is 22.7 Å².